The molecule has 0 radical (unpaired) electrons. The van der Waals surface area contributed by atoms with Crippen molar-refractivity contribution in [3.63, 3.8) is 0 Å². The van der Waals surface area contributed by atoms with Gasteiger partial charge in [0.2, 0.25) is 15.4 Å². The van der Waals surface area contributed by atoms with Gasteiger partial charge in [-0.2, -0.15) is 0 Å². The summed E-state index contributed by atoms with van der Waals surface area (Å²) < 4.78 is 30.4. The highest BCUT2D eigenvalue weighted by molar-refractivity contribution is 7.91. The van der Waals surface area contributed by atoms with E-state index in [4.69, 9.17) is 21.4 Å². The Bertz CT molecular complexity index is 979. The zero-order chi connectivity index (χ0) is 15.0. The molecule has 21 heavy (non-hydrogen) atoms. The molecule has 1 N–H and O–H groups in total. The Morgan fingerprint density at radius 3 is 2.43 bits per heavy atom. The van der Waals surface area contributed by atoms with Crippen molar-refractivity contribution in [3.05, 3.63) is 65.2 Å². The fourth-order valence-electron chi connectivity index (χ4n) is 2.02. The number of hydrogen-bond acceptors (Lipinski definition) is 4. The number of benzene rings is 2. The summed E-state index contributed by atoms with van der Waals surface area (Å²) in [5, 5.41) is 8.84. The van der Waals surface area contributed by atoms with E-state index in [1.165, 1.54) is 18.2 Å². The molecule has 0 fully saturated rings. The molecule has 2 aromatic carbocycles. The zero-order valence-corrected chi connectivity index (χ0v) is 12.3. The molecule has 0 aliphatic carbocycles. The lowest BCUT2D eigenvalue weighted by Gasteiger charge is -2.06. The van der Waals surface area contributed by atoms with Gasteiger partial charge in [0.05, 0.1) is 4.90 Å². The smallest absolute Gasteiger partial charge is 0.231 e. The van der Waals surface area contributed by atoms with E-state index in [0.717, 1.165) is 0 Å². The number of sulfone groups is 1. The van der Waals surface area contributed by atoms with Crippen LogP contribution in [0.1, 0.15) is 0 Å². The fourth-order valence-corrected chi connectivity index (χ4v) is 3.54. The average molecular weight is 320 g/mol. The third-order valence-corrected chi connectivity index (χ3v) is 5.05. The summed E-state index contributed by atoms with van der Waals surface area (Å²) in [6.07, 6.45) is 0. The van der Waals surface area contributed by atoms with Gasteiger partial charge in [-0.25, -0.2) is 8.42 Å². The lowest BCUT2D eigenvalue weighted by Crippen LogP contribution is -2.14. The van der Waals surface area contributed by atoms with Crippen molar-refractivity contribution in [3.8, 4) is 0 Å². The molecule has 0 saturated carbocycles. The first-order valence-corrected chi connectivity index (χ1v) is 7.93. The summed E-state index contributed by atoms with van der Waals surface area (Å²) in [7, 11) is -3.80. The number of fused-ring (bicyclic) bond motifs is 1. The van der Waals surface area contributed by atoms with Crippen molar-refractivity contribution >= 4 is 32.4 Å². The summed E-state index contributed by atoms with van der Waals surface area (Å²) in [5.41, 5.74) is 0.0186. The molecule has 0 spiro atoms. The van der Waals surface area contributed by atoms with Crippen molar-refractivity contribution in [1.29, 1.82) is 5.41 Å². The topological polar surface area (TPSA) is 71.1 Å². The van der Waals surface area contributed by atoms with E-state index in [9.17, 15) is 8.42 Å². The average Bonchev–Trinajstić information content (AvgIpc) is 2.48. The minimum atomic E-state index is -3.80. The Kier molecular flexibility index (Phi) is 3.31. The molecule has 3 rings (SSSR count). The standard InChI is InChI=1S/C15H10ClNO3S/c16-11-6-7-13-10(8-11)9-14(15(17)20-13)21(18,19)12-4-2-1-3-5-12/h1-9,17H. The Labute approximate surface area is 126 Å². The first-order valence-electron chi connectivity index (χ1n) is 6.06. The Balaban J connectivity index is 2.30. The van der Waals surface area contributed by atoms with Gasteiger partial charge >= 0.3 is 0 Å². The van der Waals surface area contributed by atoms with E-state index in [1.807, 2.05) is 0 Å². The first-order chi connectivity index (χ1) is 9.98. The van der Waals surface area contributed by atoms with E-state index in [2.05, 4.69) is 0 Å². The monoisotopic (exact) mass is 319 g/mol. The van der Waals surface area contributed by atoms with Crippen molar-refractivity contribution < 1.29 is 12.8 Å². The molecular weight excluding hydrogens is 310 g/mol. The second-order valence-corrected chi connectivity index (χ2v) is 6.79. The van der Waals surface area contributed by atoms with E-state index >= 15 is 0 Å². The number of rotatable bonds is 2. The predicted octanol–water partition coefficient (Wildman–Crippen LogP) is 3.40. The molecule has 0 saturated heterocycles. The summed E-state index contributed by atoms with van der Waals surface area (Å²) in [5.74, 6) is 0. The summed E-state index contributed by atoms with van der Waals surface area (Å²) in [4.78, 5) is -0.0569. The maximum absolute atomic E-state index is 12.6. The second-order valence-electron chi connectivity index (χ2n) is 4.44. The number of hydrogen-bond donors (Lipinski definition) is 1. The second kappa shape index (κ2) is 5.02. The van der Waals surface area contributed by atoms with Crippen LogP contribution in [0.15, 0.2) is 68.8 Å². The van der Waals surface area contributed by atoms with Gasteiger partial charge < -0.3 is 4.42 Å². The van der Waals surface area contributed by atoms with E-state index in [0.29, 0.717) is 16.0 Å². The number of nitrogens with one attached hydrogen (secondary N) is 1. The summed E-state index contributed by atoms with van der Waals surface area (Å²) in [6.45, 7) is 0. The Hall–Kier alpha value is -2.11. The van der Waals surface area contributed by atoms with Crippen LogP contribution in [0.25, 0.3) is 11.0 Å². The molecule has 3 aromatic rings. The van der Waals surface area contributed by atoms with Crippen molar-refractivity contribution in [2.75, 3.05) is 0 Å². The fraction of sp³-hybridized carbons (Fsp3) is 0. The largest absolute Gasteiger partial charge is 0.438 e. The molecule has 0 atom stereocenters. The van der Waals surface area contributed by atoms with Gasteiger partial charge in [0, 0.05) is 10.4 Å². The third kappa shape index (κ3) is 2.46. The van der Waals surface area contributed by atoms with Crippen LogP contribution in [0.2, 0.25) is 5.02 Å². The highest BCUT2D eigenvalue weighted by Gasteiger charge is 2.21. The first kappa shape index (κ1) is 13.9. The van der Waals surface area contributed by atoms with Crippen molar-refractivity contribution in [1.82, 2.24) is 0 Å². The highest BCUT2D eigenvalue weighted by atomic mass is 35.5. The Morgan fingerprint density at radius 2 is 1.71 bits per heavy atom. The van der Waals surface area contributed by atoms with Crippen LogP contribution in [0.4, 0.5) is 0 Å². The lowest BCUT2D eigenvalue weighted by atomic mass is 10.2. The minimum absolute atomic E-state index is 0.120. The molecule has 1 aromatic heterocycles. The van der Waals surface area contributed by atoms with Gasteiger partial charge in [0.15, 0.2) is 0 Å². The van der Waals surface area contributed by atoms with E-state index in [1.54, 1.807) is 36.4 Å². The van der Waals surface area contributed by atoms with Crippen LogP contribution in [0, 0.1) is 5.41 Å². The molecule has 106 valence electrons. The molecule has 1 heterocycles. The van der Waals surface area contributed by atoms with E-state index in [-0.39, 0.29) is 9.79 Å². The molecule has 0 aliphatic rings. The Morgan fingerprint density at radius 1 is 1.00 bits per heavy atom. The van der Waals surface area contributed by atoms with Gasteiger partial charge in [-0.3, -0.25) is 5.41 Å². The van der Waals surface area contributed by atoms with Gasteiger partial charge in [0.25, 0.3) is 0 Å². The third-order valence-electron chi connectivity index (χ3n) is 3.04. The van der Waals surface area contributed by atoms with Crippen molar-refractivity contribution in [2.24, 2.45) is 0 Å². The highest BCUT2D eigenvalue weighted by Crippen LogP contribution is 2.23. The van der Waals surface area contributed by atoms with Gasteiger partial charge in [0.1, 0.15) is 10.5 Å². The maximum Gasteiger partial charge on any atom is 0.231 e. The van der Waals surface area contributed by atoms with Crippen LogP contribution < -0.4 is 5.55 Å². The lowest BCUT2D eigenvalue weighted by molar-refractivity contribution is 0.506. The summed E-state index contributed by atoms with van der Waals surface area (Å²) >= 11 is 5.90. The molecule has 6 heteroatoms. The van der Waals surface area contributed by atoms with Crippen LogP contribution in [0.5, 0.6) is 0 Å². The van der Waals surface area contributed by atoms with E-state index < -0.39 is 15.4 Å². The quantitative estimate of drug-likeness (QED) is 0.787. The van der Waals surface area contributed by atoms with Gasteiger partial charge in [-0.05, 0) is 36.4 Å². The minimum Gasteiger partial charge on any atom is -0.438 e. The molecular formula is C15H10ClNO3S. The normalized spacial score (nSPS) is 11.7. The summed E-state index contributed by atoms with van der Waals surface area (Å²) in [6, 6.07) is 14.2. The molecule has 0 unspecified atom stereocenters. The predicted molar refractivity (Wildman–Crippen MR) is 79.0 cm³/mol. The van der Waals surface area contributed by atoms with Gasteiger partial charge in [-0.15, -0.1) is 0 Å². The van der Waals surface area contributed by atoms with Crippen molar-refractivity contribution in [2.45, 2.75) is 9.79 Å². The maximum atomic E-state index is 12.6. The van der Waals surface area contributed by atoms with Crippen LogP contribution in [-0.4, -0.2) is 8.42 Å². The van der Waals surface area contributed by atoms with Gasteiger partial charge in [-0.1, -0.05) is 29.8 Å². The van der Waals surface area contributed by atoms with Crippen LogP contribution in [0.3, 0.4) is 0 Å². The zero-order valence-electron chi connectivity index (χ0n) is 10.7. The molecule has 0 bridgehead atoms. The molecule has 0 aliphatic heterocycles. The van der Waals surface area contributed by atoms with Crippen LogP contribution >= 0.6 is 11.6 Å². The van der Waals surface area contributed by atoms with Crippen LogP contribution in [-0.2, 0) is 9.84 Å². The molecule has 4 nitrogen and oxygen atoms in total. The number of halogens is 1. The molecule has 0 amide bonds. The SMILES string of the molecule is N=c1oc2ccc(Cl)cc2cc1S(=O)(=O)c1ccccc1.